The van der Waals surface area contributed by atoms with Crippen molar-refractivity contribution in [1.82, 2.24) is 5.32 Å². The Bertz CT molecular complexity index is 472. The quantitative estimate of drug-likeness (QED) is 0.737. The molecule has 1 aromatic rings. The number of nitrogens with one attached hydrogen (secondary N) is 1. The van der Waals surface area contributed by atoms with Gasteiger partial charge in [-0.3, -0.25) is 4.79 Å². The molecule has 122 valence electrons. The number of carbonyl (C=O) groups excluding carboxylic acids is 1. The van der Waals surface area contributed by atoms with Gasteiger partial charge in [-0.25, -0.2) is 0 Å². The molecule has 2 rings (SSSR count). The molecule has 0 bridgehead atoms. The van der Waals surface area contributed by atoms with Crippen LogP contribution in [0.2, 0.25) is 0 Å². The lowest BCUT2D eigenvalue weighted by atomic mass is 10.2. The van der Waals surface area contributed by atoms with Crippen LogP contribution in [0.25, 0.3) is 0 Å². The predicted molar refractivity (Wildman–Crippen MR) is 93.6 cm³/mol. The number of benzene rings is 1. The number of ether oxygens (including phenoxy) is 1. The van der Waals surface area contributed by atoms with Crippen molar-refractivity contribution in [2.24, 2.45) is 0 Å². The molecule has 0 aliphatic heterocycles. The highest BCUT2D eigenvalue weighted by Crippen LogP contribution is 2.28. The molecule has 1 aliphatic rings. The average molecular weight is 321 g/mol. The summed E-state index contributed by atoms with van der Waals surface area (Å²) in [7, 11) is 0. The number of rotatable bonds is 8. The van der Waals surface area contributed by atoms with E-state index in [1.54, 1.807) is 0 Å². The predicted octanol–water partition coefficient (Wildman–Crippen LogP) is 3.94. The second-order valence-electron chi connectivity index (χ2n) is 5.85. The van der Waals surface area contributed by atoms with Gasteiger partial charge >= 0.3 is 0 Å². The fourth-order valence-corrected chi connectivity index (χ4v) is 3.95. The van der Waals surface area contributed by atoms with E-state index < -0.39 is 6.10 Å². The van der Waals surface area contributed by atoms with Crippen molar-refractivity contribution in [3.63, 3.8) is 0 Å². The van der Waals surface area contributed by atoms with Crippen LogP contribution in [0.1, 0.15) is 44.6 Å². The standard InChI is InChI=1S/C18H27NO2S/c1-3-16(21-17-11-7-4-8-14(17)2)18(20)19-12-13-22-15-9-5-6-10-15/h4,7-8,11,15-16H,3,5-6,9-10,12-13H2,1-2H3,(H,19,20)/t16-/m0/s1. The lowest BCUT2D eigenvalue weighted by Crippen LogP contribution is -2.39. The van der Waals surface area contributed by atoms with Crippen LogP contribution in [0.15, 0.2) is 24.3 Å². The van der Waals surface area contributed by atoms with E-state index in [1.807, 2.05) is 49.9 Å². The van der Waals surface area contributed by atoms with Gasteiger partial charge in [0, 0.05) is 17.5 Å². The van der Waals surface area contributed by atoms with Crippen molar-refractivity contribution >= 4 is 17.7 Å². The largest absolute Gasteiger partial charge is 0.480 e. The zero-order valence-electron chi connectivity index (χ0n) is 13.6. The maximum absolute atomic E-state index is 12.2. The average Bonchev–Trinajstić information content (AvgIpc) is 3.04. The van der Waals surface area contributed by atoms with Crippen molar-refractivity contribution < 1.29 is 9.53 Å². The van der Waals surface area contributed by atoms with Gasteiger partial charge in [0.25, 0.3) is 5.91 Å². The monoisotopic (exact) mass is 321 g/mol. The second kappa shape index (κ2) is 9.09. The Balaban J connectivity index is 1.73. The summed E-state index contributed by atoms with van der Waals surface area (Å²) in [6.07, 6.45) is 5.69. The van der Waals surface area contributed by atoms with Crippen LogP contribution in [0.5, 0.6) is 5.75 Å². The number of carbonyl (C=O) groups is 1. The Hall–Kier alpha value is -1.16. The molecule has 1 N–H and O–H groups in total. The highest BCUT2D eigenvalue weighted by Gasteiger charge is 2.19. The second-order valence-corrected chi connectivity index (χ2v) is 7.26. The summed E-state index contributed by atoms with van der Waals surface area (Å²) in [5.41, 5.74) is 1.06. The van der Waals surface area contributed by atoms with Crippen molar-refractivity contribution in [2.45, 2.75) is 57.3 Å². The van der Waals surface area contributed by atoms with Crippen LogP contribution in [0, 0.1) is 6.92 Å². The summed E-state index contributed by atoms with van der Waals surface area (Å²) >= 11 is 2.00. The SMILES string of the molecule is CC[C@H](Oc1ccccc1C)C(=O)NCCSC1CCCC1. The zero-order valence-corrected chi connectivity index (χ0v) is 14.5. The van der Waals surface area contributed by atoms with E-state index in [2.05, 4.69) is 5.32 Å². The first-order chi connectivity index (χ1) is 10.7. The van der Waals surface area contributed by atoms with E-state index in [1.165, 1.54) is 25.7 Å². The number of thioether (sulfide) groups is 1. The molecule has 1 atom stereocenters. The molecule has 1 fully saturated rings. The third kappa shape index (κ3) is 5.24. The van der Waals surface area contributed by atoms with Gasteiger partial charge in [0.1, 0.15) is 5.75 Å². The first-order valence-electron chi connectivity index (χ1n) is 8.32. The minimum atomic E-state index is -0.405. The number of hydrogen-bond donors (Lipinski definition) is 1. The van der Waals surface area contributed by atoms with E-state index in [0.717, 1.165) is 28.9 Å². The highest BCUT2D eigenvalue weighted by molar-refractivity contribution is 7.99. The summed E-state index contributed by atoms with van der Waals surface area (Å²) in [4.78, 5) is 12.2. The molecule has 0 heterocycles. The summed E-state index contributed by atoms with van der Waals surface area (Å²) in [5.74, 6) is 1.79. The Labute approximate surface area is 138 Å². The third-order valence-corrected chi connectivity index (χ3v) is 5.47. The van der Waals surface area contributed by atoms with E-state index in [-0.39, 0.29) is 5.91 Å². The van der Waals surface area contributed by atoms with E-state index in [9.17, 15) is 4.79 Å². The topological polar surface area (TPSA) is 38.3 Å². The molecule has 0 unspecified atom stereocenters. The molecule has 1 aromatic carbocycles. The van der Waals surface area contributed by atoms with Gasteiger partial charge in [0.05, 0.1) is 0 Å². The van der Waals surface area contributed by atoms with Gasteiger partial charge in [-0.15, -0.1) is 0 Å². The number of aryl methyl sites for hydroxylation is 1. The highest BCUT2D eigenvalue weighted by atomic mass is 32.2. The minimum Gasteiger partial charge on any atom is -0.480 e. The van der Waals surface area contributed by atoms with Crippen molar-refractivity contribution in [1.29, 1.82) is 0 Å². The molecule has 0 saturated heterocycles. The van der Waals surface area contributed by atoms with Crippen molar-refractivity contribution in [3.8, 4) is 5.75 Å². The molecule has 1 amide bonds. The Morgan fingerprint density at radius 2 is 2.09 bits per heavy atom. The van der Waals surface area contributed by atoms with Crippen LogP contribution >= 0.6 is 11.8 Å². The summed E-state index contributed by atoms with van der Waals surface area (Å²) in [6, 6.07) is 7.83. The van der Waals surface area contributed by atoms with E-state index >= 15 is 0 Å². The van der Waals surface area contributed by atoms with E-state index in [4.69, 9.17) is 4.74 Å². The molecule has 4 heteroatoms. The third-order valence-electron chi connectivity index (χ3n) is 4.08. The maximum atomic E-state index is 12.2. The molecule has 1 aliphatic carbocycles. The molecule has 0 radical (unpaired) electrons. The Morgan fingerprint density at radius 3 is 2.77 bits per heavy atom. The fraction of sp³-hybridized carbons (Fsp3) is 0.611. The number of hydrogen-bond acceptors (Lipinski definition) is 3. The fourth-order valence-electron chi connectivity index (χ4n) is 2.73. The Morgan fingerprint density at radius 1 is 1.36 bits per heavy atom. The first kappa shape index (κ1) is 17.2. The lowest BCUT2D eigenvalue weighted by Gasteiger charge is -2.18. The van der Waals surface area contributed by atoms with Gasteiger partial charge in [0.15, 0.2) is 6.10 Å². The van der Waals surface area contributed by atoms with Gasteiger partial charge < -0.3 is 10.1 Å². The smallest absolute Gasteiger partial charge is 0.261 e. The van der Waals surface area contributed by atoms with Crippen LogP contribution in [-0.2, 0) is 4.79 Å². The van der Waals surface area contributed by atoms with Gasteiger partial charge in [-0.1, -0.05) is 38.0 Å². The molecule has 22 heavy (non-hydrogen) atoms. The minimum absolute atomic E-state index is 0.00206. The van der Waals surface area contributed by atoms with Crippen molar-refractivity contribution in [2.75, 3.05) is 12.3 Å². The van der Waals surface area contributed by atoms with Crippen LogP contribution in [-0.4, -0.2) is 29.6 Å². The normalized spacial score (nSPS) is 16.5. The zero-order chi connectivity index (χ0) is 15.8. The molecule has 1 saturated carbocycles. The summed E-state index contributed by atoms with van der Waals surface area (Å²) in [5, 5.41) is 3.82. The lowest BCUT2D eigenvalue weighted by molar-refractivity contribution is -0.128. The van der Waals surface area contributed by atoms with Crippen LogP contribution < -0.4 is 10.1 Å². The first-order valence-corrected chi connectivity index (χ1v) is 9.37. The van der Waals surface area contributed by atoms with Gasteiger partial charge in [-0.2, -0.15) is 11.8 Å². The molecule has 3 nitrogen and oxygen atoms in total. The van der Waals surface area contributed by atoms with Crippen LogP contribution in [0.4, 0.5) is 0 Å². The number of para-hydroxylation sites is 1. The summed E-state index contributed by atoms with van der Waals surface area (Å²) < 4.78 is 5.87. The molecular weight excluding hydrogens is 294 g/mol. The molecule has 0 spiro atoms. The Kier molecular flexibility index (Phi) is 7.10. The number of amides is 1. The molecule has 0 aromatic heterocycles. The maximum Gasteiger partial charge on any atom is 0.261 e. The van der Waals surface area contributed by atoms with Gasteiger partial charge in [-0.05, 0) is 37.8 Å². The van der Waals surface area contributed by atoms with E-state index in [0.29, 0.717) is 6.42 Å². The summed E-state index contributed by atoms with van der Waals surface area (Å²) in [6.45, 7) is 4.71. The van der Waals surface area contributed by atoms with Crippen molar-refractivity contribution in [3.05, 3.63) is 29.8 Å². The van der Waals surface area contributed by atoms with Crippen LogP contribution in [0.3, 0.4) is 0 Å². The van der Waals surface area contributed by atoms with Gasteiger partial charge in [0.2, 0.25) is 0 Å². The molecular formula is C18H27NO2S.